The van der Waals surface area contributed by atoms with Crippen LogP contribution in [0.2, 0.25) is 0 Å². The monoisotopic (exact) mass is 192 g/mol. The van der Waals surface area contributed by atoms with Gasteiger partial charge in [-0.25, -0.2) is 0 Å². The maximum Gasteiger partial charge on any atom is 0.0319 e. The number of hydrogen-bond donors (Lipinski definition) is 2. The number of aliphatic hydroxyl groups excluding tert-OH is 2. The topological polar surface area (TPSA) is 40.5 Å². The van der Waals surface area contributed by atoms with Gasteiger partial charge in [0.15, 0.2) is 0 Å². The molecule has 0 aliphatic rings. The van der Waals surface area contributed by atoms with Crippen LogP contribution in [-0.2, 0) is 0 Å². The summed E-state index contributed by atoms with van der Waals surface area (Å²) in [5.41, 5.74) is 0. The summed E-state index contributed by atoms with van der Waals surface area (Å²) in [4.78, 5) is 0. The molecule has 0 radical (unpaired) electrons. The Bertz CT molecular complexity index is 41.4. The lowest BCUT2D eigenvalue weighted by molar-refractivity contribution is 0.399. The summed E-state index contributed by atoms with van der Waals surface area (Å²) in [6.45, 7) is 4.53. The molecular formula is C11H28O2. The average Bonchev–Trinajstić information content (AvgIpc) is 2.24. The zero-order chi connectivity index (χ0) is 10.9. The molecule has 13 heavy (non-hydrogen) atoms. The zero-order valence-corrected chi connectivity index (χ0v) is 9.84. The molecule has 0 saturated carbocycles. The summed E-state index contributed by atoms with van der Waals surface area (Å²) in [6.07, 6.45) is 9.97. The SMILES string of the molecule is CCCCCCCCC.CO.CO. The Morgan fingerprint density at radius 2 is 0.769 bits per heavy atom. The lowest BCUT2D eigenvalue weighted by atomic mass is 10.1. The molecule has 2 N–H and O–H groups in total. The Hall–Kier alpha value is -0.0800. The minimum Gasteiger partial charge on any atom is -0.400 e. The van der Waals surface area contributed by atoms with Crippen molar-refractivity contribution in [3.63, 3.8) is 0 Å². The minimum absolute atomic E-state index is 1.00. The van der Waals surface area contributed by atoms with Gasteiger partial charge in [0, 0.05) is 14.2 Å². The predicted octanol–water partition coefficient (Wildman–Crippen LogP) is 2.97. The van der Waals surface area contributed by atoms with Crippen LogP contribution in [0.25, 0.3) is 0 Å². The van der Waals surface area contributed by atoms with E-state index in [1.165, 1.54) is 44.9 Å². The molecule has 0 spiro atoms. The lowest BCUT2D eigenvalue weighted by Gasteiger charge is -1.96. The third kappa shape index (κ3) is 33.5. The first kappa shape index (κ1) is 18.7. The van der Waals surface area contributed by atoms with Crippen LogP contribution in [0, 0.1) is 0 Å². The second-order valence-corrected chi connectivity index (χ2v) is 2.77. The largest absolute Gasteiger partial charge is 0.400 e. The van der Waals surface area contributed by atoms with E-state index in [-0.39, 0.29) is 0 Å². The predicted molar refractivity (Wildman–Crippen MR) is 60.0 cm³/mol. The van der Waals surface area contributed by atoms with E-state index in [0.717, 1.165) is 14.2 Å². The first-order chi connectivity index (χ1) is 6.41. The van der Waals surface area contributed by atoms with Crippen LogP contribution in [0.1, 0.15) is 58.8 Å². The first-order valence-corrected chi connectivity index (χ1v) is 5.31. The van der Waals surface area contributed by atoms with Gasteiger partial charge in [0.25, 0.3) is 0 Å². The molecule has 0 aromatic carbocycles. The molecule has 0 rings (SSSR count). The second kappa shape index (κ2) is 29.7. The molecule has 0 aliphatic carbocycles. The van der Waals surface area contributed by atoms with Crippen LogP contribution in [-0.4, -0.2) is 24.4 Å². The van der Waals surface area contributed by atoms with Crippen molar-refractivity contribution in [2.45, 2.75) is 58.8 Å². The molecule has 0 amide bonds. The summed E-state index contributed by atoms with van der Waals surface area (Å²) in [6, 6.07) is 0. The van der Waals surface area contributed by atoms with Crippen molar-refractivity contribution in [1.29, 1.82) is 0 Å². The first-order valence-electron chi connectivity index (χ1n) is 5.31. The third-order valence-corrected chi connectivity index (χ3v) is 1.71. The van der Waals surface area contributed by atoms with E-state index in [0.29, 0.717) is 0 Å². The third-order valence-electron chi connectivity index (χ3n) is 1.71. The molecule has 0 unspecified atom stereocenters. The Morgan fingerprint density at radius 3 is 1.00 bits per heavy atom. The van der Waals surface area contributed by atoms with Crippen LogP contribution < -0.4 is 0 Å². The minimum atomic E-state index is 1.00. The van der Waals surface area contributed by atoms with Crippen molar-refractivity contribution in [3.05, 3.63) is 0 Å². The number of hydrogen-bond acceptors (Lipinski definition) is 2. The van der Waals surface area contributed by atoms with Crippen molar-refractivity contribution in [3.8, 4) is 0 Å². The van der Waals surface area contributed by atoms with Crippen LogP contribution in [0.4, 0.5) is 0 Å². The molecule has 2 nitrogen and oxygen atoms in total. The second-order valence-electron chi connectivity index (χ2n) is 2.77. The summed E-state index contributed by atoms with van der Waals surface area (Å²) in [7, 11) is 2.00. The van der Waals surface area contributed by atoms with Crippen molar-refractivity contribution >= 4 is 0 Å². The van der Waals surface area contributed by atoms with Crippen molar-refractivity contribution in [1.82, 2.24) is 0 Å². The van der Waals surface area contributed by atoms with E-state index in [4.69, 9.17) is 10.2 Å². The van der Waals surface area contributed by atoms with Crippen molar-refractivity contribution in [2.75, 3.05) is 14.2 Å². The Morgan fingerprint density at radius 1 is 0.538 bits per heavy atom. The van der Waals surface area contributed by atoms with E-state index >= 15 is 0 Å². The highest BCUT2D eigenvalue weighted by Crippen LogP contribution is 2.05. The van der Waals surface area contributed by atoms with Crippen LogP contribution in [0.5, 0.6) is 0 Å². The molecule has 2 heteroatoms. The fraction of sp³-hybridized carbons (Fsp3) is 1.00. The van der Waals surface area contributed by atoms with Crippen LogP contribution in [0.15, 0.2) is 0 Å². The fourth-order valence-corrected chi connectivity index (χ4v) is 1.03. The fourth-order valence-electron chi connectivity index (χ4n) is 1.03. The molecular weight excluding hydrogens is 164 g/mol. The number of unbranched alkanes of at least 4 members (excludes halogenated alkanes) is 6. The number of rotatable bonds is 6. The molecule has 0 heterocycles. The molecule has 0 aliphatic heterocycles. The van der Waals surface area contributed by atoms with E-state index < -0.39 is 0 Å². The van der Waals surface area contributed by atoms with E-state index in [1.54, 1.807) is 0 Å². The normalized spacial score (nSPS) is 7.85. The molecule has 0 aromatic heterocycles. The van der Waals surface area contributed by atoms with Gasteiger partial charge in [0.1, 0.15) is 0 Å². The molecule has 0 saturated heterocycles. The van der Waals surface area contributed by atoms with E-state index in [1.807, 2.05) is 0 Å². The number of aliphatic hydroxyl groups is 2. The van der Waals surface area contributed by atoms with Gasteiger partial charge in [-0.15, -0.1) is 0 Å². The lowest BCUT2D eigenvalue weighted by Crippen LogP contribution is -1.76. The summed E-state index contributed by atoms with van der Waals surface area (Å²) in [5.74, 6) is 0. The van der Waals surface area contributed by atoms with Crippen molar-refractivity contribution in [2.24, 2.45) is 0 Å². The van der Waals surface area contributed by atoms with Gasteiger partial charge >= 0.3 is 0 Å². The highest BCUT2D eigenvalue weighted by atomic mass is 16.2. The maximum atomic E-state index is 7.00. The molecule has 0 aromatic rings. The van der Waals surface area contributed by atoms with Gasteiger partial charge in [-0.3, -0.25) is 0 Å². The Labute approximate surface area is 84.0 Å². The zero-order valence-electron chi connectivity index (χ0n) is 9.84. The van der Waals surface area contributed by atoms with E-state index in [2.05, 4.69) is 13.8 Å². The van der Waals surface area contributed by atoms with Crippen LogP contribution in [0.3, 0.4) is 0 Å². The Kier molecular flexibility index (Phi) is 42.6. The van der Waals surface area contributed by atoms with Gasteiger partial charge in [-0.2, -0.15) is 0 Å². The smallest absolute Gasteiger partial charge is 0.0319 e. The van der Waals surface area contributed by atoms with Gasteiger partial charge in [-0.05, 0) is 0 Å². The quantitative estimate of drug-likeness (QED) is 0.635. The average molecular weight is 192 g/mol. The molecule has 84 valence electrons. The summed E-state index contributed by atoms with van der Waals surface area (Å²) < 4.78 is 0. The van der Waals surface area contributed by atoms with Gasteiger partial charge < -0.3 is 10.2 Å². The highest BCUT2D eigenvalue weighted by molar-refractivity contribution is 4.41. The highest BCUT2D eigenvalue weighted by Gasteiger charge is 1.85. The van der Waals surface area contributed by atoms with Crippen LogP contribution >= 0.6 is 0 Å². The van der Waals surface area contributed by atoms with Gasteiger partial charge in [-0.1, -0.05) is 58.8 Å². The molecule has 0 bridgehead atoms. The molecule has 0 fully saturated rings. The standard InChI is InChI=1S/C9H20.2CH4O/c1-3-5-7-9-8-6-4-2;2*1-2/h3-9H2,1-2H3;2*2H,1H3. The molecule has 0 atom stereocenters. The maximum absolute atomic E-state index is 7.00. The summed E-state index contributed by atoms with van der Waals surface area (Å²) in [5, 5.41) is 14.0. The van der Waals surface area contributed by atoms with Gasteiger partial charge in [0.2, 0.25) is 0 Å². The Balaban J connectivity index is -0.000000218. The summed E-state index contributed by atoms with van der Waals surface area (Å²) >= 11 is 0. The van der Waals surface area contributed by atoms with Gasteiger partial charge in [0.05, 0.1) is 0 Å². The van der Waals surface area contributed by atoms with Crippen molar-refractivity contribution < 1.29 is 10.2 Å². The van der Waals surface area contributed by atoms with E-state index in [9.17, 15) is 0 Å².